The number of hydrogen-bond acceptors (Lipinski definition) is 1. The molecule has 0 aliphatic carbocycles. The van der Waals surface area contributed by atoms with E-state index in [0.717, 1.165) is 6.54 Å². The molecule has 18 heavy (non-hydrogen) atoms. The minimum absolute atomic E-state index is 0.346. The first kappa shape index (κ1) is 11.5. The first-order chi connectivity index (χ1) is 8.77. The van der Waals surface area contributed by atoms with Gasteiger partial charge in [-0.1, -0.05) is 55.5 Å². The quantitative estimate of drug-likeness (QED) is 0.795. The van der Waals surface area contributed by atoms with Gasteiger partial charge in [0.1, 0.15) is 0 Å². The second-order valence-corrected chi connectivity index (χ2v) is 5.23. The second-order valence-electron chi connectivity index (χ2n) is 5.23. The van der Waals surface area contributed by atoms with Crippen molar-refractivity contribution in [2.75, 3.05) is 6.54 Å². The molecule has 0 amide bonds. The molecule has 2 aromatic rings. The third-order valence-electron chi connectivity index (χ3n) is 3.97. The van der Waals surface area contributed by atoms with Crippen LogP contribution < -0.4 is 5.32 Å². The van der Waals surface area contributed by atoms with E-state index in [9.17, 15) is 0 Å². The maximum atomic E-state index is 3.68. The molecule has 1 unspecified atom stereocenters. The highest BCUT2D eigenvalue weighted by atomic mass is 14.9. The van der Waals surface area contributed by atoms with Gasteiger partial charge < -0.3 is 5.32 Å². The van der Waals surface area contributed by atoms with Gasteiger partial charge in [0.25, 0.3) is 0 Å². The van der Waals surface area contributed by atoms with Crippen molar-refractivity contribution >= 4 is 0 Å². The molecule has 2 aromatic carbocycles. The summed E-state index contributed by atoms with van der Waals surface area (Å²) in [6.45, 7) is 5.54. The van der Waals surface area contributed by atoms with Crippen LogP contribution in [0.5, 0.6) is 0 Å². The number of aryl methyl sites for hydroxylation is 1. The summed E-state index contributed by atoms with van der Waals surface area (Å²) in [6, 6.07) is 17.8. The van der Waals surface area contributed by atoms with Gasteiger partial charge in [0, 0.05) is 6.54 Å². The molecule has 0 saturated heterocycles. The van der Waals surface area contributed by atoms with E-state index >= 15 is 0 Å². The van der Waals surface area contributed by atoms with Crippen LogP contribution in [0.1, 0.15) is 41.1 Å². The standard InChI is InChI=1S/C17H19N/c1-12-7-3-4-9-15(12)17-16-10-6-5-8-14(16)13(2)11-18-17/h3-10,13,17-18H,11H2,1-2H3/t13-,17?/m0/s1. The highest BCUT2D eigenvalue weighted by Gasteiger charge is 2.25. The van der Waals surface area contributed by atoms with Crippen LogP contribution in [0.25, 0.3) is 0 Å². The predicted molar refractivity (Wildman–Crippen MR) is 75.9 cm³/mol. The first-order valence-electron chi connectivity index (χ1n) is 6.65. The van der Waals surface area contributed by atoms with Crippen molar-refractivity contribution in [2.24, 2.45) is 0 Å². The molecule has 0 fully saturated rings. The summed E-state index contributed by atoms with van der Waals surface area (Å²) in [4.78, 5) is 0. The summed E-state index contributed by atoms with van der Waals surface area (Å²) < 4.78 is 0. The van der Waals surface area contributed by atoms with Gasteiger partial charge in [0.15, 0.2) is 0 Å². The van der Waals surface area contributed by atoms with Crippen LogP contribution in [-0.4, -0.2) is 6.54 Å². The SMILES string of the molecule is Cc1ccccc1C1NC[C@H](C)c2ccccc21. The lowest BCUT2D eigenvalue weighted by Crippen LogP contribution is -2.33. The Balaban J connectivity index is 2.11. The fraction of sp³-hybridized carbons (Fsp3) is 0.294. The van der Waals surface area contributed by atoms with Gasteiger partial charge in [-0.3, -0.25) is 0 Å². The number of hydrogen-bond donors (Lipinski definition) is 1. The van der Waals surface area contributed by atoms with Crippen molar-refractivity contribution in [3.63, 3.8) is 0 Å². The summed E-state index contributed by atoms with van der Waals surface area (Å²) in [6.07, 6.45) is 0. The fourth-order valence-corrected chi connectivity index (χ4v) is 2.93. The van der Waals surface area contributed by atoms with Crippen LogP contribution in [0, 0.1) is 6.92 Å². The molecule has 1 heterocycles. The van der Waals surface area contributed by atoms with Gasteiger partial charge in [-0.25, -0.2) is 0 Å². The van der Waals surface area contributed by atoms with E-state index in [4.69, 9.17) is 0 Å². The van der Waals surface area contributed by atoms with E-state index in [0.29, 0.717) is 12.0 Å². The van der Waals surface area contributed by atoms with E-state index in [1.807, 2.05) is 0 Å². The summed E-state index contributed by atoms with van der Waals surface area (Å²) in [5, 5.41) is 3.68. The predicted octanol–water partition coefficient (Wildman–Crippen LogP) is 3.79. The Hall–Kier alpha value is -1.60. The largest absolute Gasteiger partial charge is 0.306 e. The third kappa shape index (κ3) is 1.85. The normalized spacial score (nSPS) is 22.6. The van der Waals surface area contributed by atoms with Crippen molar-refractivity contribution < 1.29 is 0 Å². The topological polar surface area (TPSA) is 12.0 Å². The van der Waals surface area contributed by atoms with Crippen LogP contribution in [0.15, 0.2) is 48.5 Å². The molecule has 0 bridgehead atoms. The zero-order valence-corrected chi connectivity index (χ0v) is 11.0. The van der Waals surface area contributed by atoms with Gasteiger partial charge in [-0.15, -0.1) is 0 Å². The van der Waals surface area contributed by atoms with Gasteiger partial charge in [0.2, 0.25) is 0 Å². The van der Waals surface area contributed by atoms with Crippen molar-refractivity contribution in [3.8, 4) is 0 Å². The van der Waals surface area contributed by atoms with Gasteiger partial charge in [-0.05, 0) is 35.1 Å². The Morgan fingerprint density at radius 2 is 1.50 bits per heavy atom. The van der Waals surface area contributed by atoms with Crippen molar-refractivity contribution in [3.05, 3.63) is 70.8 Å². The molecule has 2 atom stereocenters. The van der Waals surface area contributed by atoms with E-state index in [2.05, 4.69) is 67.7 Å². The molecule has 0 spiro atoms. The molecule has 0 aromatic heterocycles. The number of rotatable bonds is 1. The molecule has 1 aliphatic rings. The summed E-state index contributed by atoms with van der Waals surface area (Å²) in [7, 11) is 0. The van der Waals surface area contributed by atoms with Gasteiger partial charge in [0.05, 0.1) is 6.04 Å². The minimum atomic E-state index is 0.346. The van der Waals surface area contributed by atoms with E-state index in [-0.39, 0.29) is 0 Å². The van der Waals surface area contributed by atoms with Crippen molar-refractivity contribution in [1.29, 1.82) is 0 Å². The number of fused-ring (bicyclic) bond motifs is 1. The Bertz CT molecular complexity index is 559. The molecule has 1 aliphatic heterocycles. The lowest BCUT2D eigenvalue weighted by atomic mass is 9.84. The van der Waals surface area contributed by atoms with Gasteiger partial charge in [-0.2, -0.15) is 0 Å². The Morgan fingerprint density at radius 1 is 0.889 bits per heavy atom. The molecule has 0 saturated carbocycles. The van der Waals surface area contributed by atoms with Crippen LogP contribution in [-0.2, 0) is 0 Å². The minimum Gasteiger partial charge on any atom is -0.306 e. The monoisotopic (exact) mass is 237 g/mol. The maximum Gasteiger partial charge on any atom is 0.0582 e. The highest BCUT2D eigenvalue weighted by molar-refractivity contribution is 5.43. The van der Waals surface area contributed by atoms with Crippen LogP contribution in [0.4, 0.5) is 0 Å². The number of benzene rings is 2. The molecular formula is C17H19N. The Labute approximate surface area is 109 Å². The molecule has 1 nitrogen and oxygen atoms in total. The Kier molecular flexibility index (Phi) is 2.92. The number of nitrogens with one attached hydrogen (secondary N) is 1. The zero-order valence-electron chi connectivity index (χ0n) is 11.0. The van der Waals surface area contributed by atoms with Crippen LogP contribution in [0.3, 0.4) is 0 Å². The first-order valence-corrected chi connectivity index (χ1v) is 6.65. The maximum absolute atomic E-state index is 3.68. The summed E-state index contributed by atoms with van der Waals surface area (Å²) in [5.41, 5.74) is 5.69. The van der Waals surface area contributed by atoms with E-state index < -0.39 is 0 Å². The molecule has 0 radical (unpaired) electrons. The summed E-state index contributed by atoms with van der Waals surface area (Å²) >= 11 is 0. The lowest BCUT2D eigenvalue weighted by Gasteiger charge is -2.32. The van der Waals surface area contributed by atoms with Crippen molar-refractivity contribution in [2.45, 2.75) is 25.8 Å². The molecule has 1 N–H and O–H groups in total. The highest BCUT2D eigenvalue weighted by Crippen LogP contribution is 2.34. The summed E-state index contributed by atoms with van der Waals surface area (Å²) in [5.74, 6) is 0.599. The van der Waals surface area contributed by atoms with E-state index in [1.54, 1.807) is 0 Å². The third-order valence-corrected chi connectivity index (χ3v) is 3.97. The molecule has 1 heteroatoms. The average molecular weight is 237 g/mol. The fourth-order valence-electron chi connectivity index (χ4n) is 2.93. The average Bonchev–Trinajstić information content (AvgIpc) is 2.41. The second kappa shape index (κ2) is 4.58. The van der Waals surface area contributed by atoms with Crippen LogP contribution >= 0.6 is 0 Å². The van der Waals surface area contributed by atoms with Gasteiger partial charge >= 0.3 is 0 Å². The van der Waals surface area contributed by atoms with E-state index in [1.165, 1.54) is 22.3 Å². The molecular weight excluding hydrogens is 218 g/mol. The molecule has 3 rings (SSSR count). The lowest BCUT2D eigenvalue weighted by molar-refractivity contribution is 0.514. The van der Waals surface area contributed by atoms with Crippen molar-refractivity contribution in [1.82, 2.24) is 5.32 Å². The smallest absolute Gasteiger partial charge is 0.0582 e. The molecule has 92 valence electrons. The Morgan fingerprint density at radius 3 is 2.22 bits per heavy atom. The zero-order chi connectivity index (χ0) is 12.5. The van der Waals surface area contributed by atoms with Crippen LogP contribution in [0.2, 0.25) is 0 Å².